The van der Waals surface area contributed by atoms with E-state index in [9.17, 15) is 8.42 Å². The van der Waals surface area contributed by atoms with Gasteiger partial charge < -0.3 is 5.73 Å². The first-order valence-corrected chi connectivity index (χ1v) is 8.89. The van der Waals surface area contributed by atoms with Crippen LogP contribution >= 0.6 is 11.8 Å². The number of benzene rings is 1. The van der Waals surface area contributed by atoms with E-state index < -0.39 is 10.0 Å². The summed E-state index contributed by atoms with van der Waals surface area (Å²) in [5.41, 5.74) is 6.29. The van der Waals surface area contributed by atoms with E-state index in [0.717, 1.165) is 12.2 Å². The summed E-state index contributed by atoms with van der Waals surface area (Å²) < 4.78 is 26.7. The van der Waals surface area contributed by atoms with E-state index in [4.69, 9.17) is 11.0 Å². The number of thioether (sulfide) groups is 1. The minimum atomic E-state index is -3.58. The highest BCUT2D eigenvalue weighted by molar-refractivity contribution is 8.00. The Morgan fingerprint density at radius 3 is 2.90 bits per heavy atom. The fourth-order valence-corrected chi connectivity index (χ4v) is 5.12. The second-order valence-corrected chi connectivity index (χ2v) is 7.94. The van der Waals surface area contributed by atoms with Crippen molar-refractivity contribution < 1.29 is 8.42 Å². The highest BCUT2D eigenvalue weighted by Gasteiger charge is 2.31. The van der Waals surface area contributed by atoms with Gasteiger partial charge in [0, 0.05) is 24.1 Å². The van der Waals surface area contributed by atoms with Crippen LogP contribution in [0.1, 0.15) is 18.9 Å². The molecule has 7 heteroatoms. The number of nitrogens with two attached hydrogens (primary N) is 1. The molecule has 5 nitrogen and oxygen atoms in total. The molecule has 1 aromatic carbocycles. The van der Waals surface area contributed by atoms with Crippen LogP contribution in [0.25, 0.3) is 0 Å². The van der Waals surface area contributed by atoms with Gasteiger partial charge in [-0.25, -0.2) is 8.42 Å². The summed E-state index contributed by atoms with van der Waals surface area (Å²) in [5, 5.41) is 9.13. The van der Waals surface area contributed by atoms with Gasteiger partial charge in [0.05, 0.1) is 17.3 Å². The molecule has 2 N–H and O–H groups in total. The van der Waals surface area contributed by atoms with Crippen molar-refractivity contribution in [3.05, 3.63) is 23.8 Å². The number of rotatable bonds is 3. The summed E-state index contributed by atoms with van der Waals surface area (Å²) in [7, 11) is -3.58. The second-order valence-electron chi connectivity index (χ2n) is 4.63. The Balaban J connectivity index is 2.33. The fourth-order valence-electron chi connectivity index (χ4n) is 2.15. The third kappa shape index (κ3) is 2.92. The van der Waals surface area contributed by atoms with E-state index in [0.29, 0.717) is 23.9 Å². The van der Waals surface area contributed by atoms with Crippen molar-refractivity contribution in [3.8, 4) is 6.07 Å². The molecule has 0 radical (unpaired) electrons. The predicted octanol–water partition coefficient (Wildman–Crippen LogP) is 1.66. The fraction of sp³-hybridized carbons (Fsp3) is 0.462. The Kier molecular flexibility index (Phi) is 4.58. The Bertz CT molecular complexity index is 638. The van der Waals surface area contributed by atoms with Crippen molar-refractivity contribution in [3.63, 3.8) is 0 Å². The highest BCUT2D eigenvalue weighted by atomic mass is 32.2. The number of hydrogen-bond donors (Lipinski definition) is 1. The third-order valence-electron chi connectivity index (χ3n) is 3.31. The molecule has 1 saturated heterocycles. The van der Waals surface area contributed by atoms with E-state index in [2.05, 4.69) is 6.92 Å². The van der Waals surface area contributed by atoms with Gasteiger partial charge in [-0.15, -0.1) is 0 Å². The van der Waals surface area contributed by atoms with Crippen LogP contribution in [-0.2, 0) is 10.0 Å². The SMILES string of the molecule is CCC1CN(S(=O)(=O)c2ccc(C#N)cc2N)CCS1. The number of nitriles is 1. The van der Waals surface area contributed by atoms with Crippen LogP contribution in [-0.4, -0.2) is 36.8 Å². The molecule has 1 unspecified atom stereocenters. The third-order valence-corrected chi connectivity index (χ3v) is 6.62. The summed E-state index contributed by atoms with van der Waals surface area (Å²) in [6, 6.07) is 6.26. The molecule has 1 fully saturated rings. The molecular formula is C13H17N3O2S2. The lowest BCUT2D eigenvalue weighted by molar-refractivity contribution is 0.416. The molecule has 108 valence electrons. The van der Waals surface area contributed by atoms with Gasteiger partial charge in [-0.1, -0.05) is 6.92 Å². The molecule has 0 aliphatic carbocycles. The predicted molar refractivity (Wildman–Crippen MR) is 80.9 cm³/mol. The maximum atomic E-state index is 12.6. The van der Waals surface area contributed by atoms with Crippen LogP contribution in [0.5, 0.6) is 0 Å². The molecule has 0 aromatic heterocycles. The second kappa shape index (κ2) is 6.04. The van der Waals surface area contributed by atoms with Crippen LogP contribution in [0, 0.1) is 11.3 Å². The van der Waals surface area contributed by atoms with E-state index >= 15 is 0 Å². The lowest BCUT2D eigenvalue weighted by atomic mass is 10.2. The number of anilines is 1. The molecule has 1 aliphatic rings. The Hall–Kier alpha value is -1.23. The molecule has 1 atom stereocenters. The topological polar surface area (TPSA) is 87.2 Å². The molecule has 1 aromatic rings. The maximum Gasteiger partial charge on any atom is 0.245 e. The van der Waals surface area contributed by atoms with Gasteiger partial charge in [0.25, 0.3) is 0 Å². The summed E-state index contributed by atoms with van der Waals surface area (Å²) in [6.07, 6.45) is 0.944. The minimum absolute atomic E-state index is 0.0956. The van der Waals surface area contributed by atoms with Gasteiger partial charge in [-0.3, -0.25) is 0 Å². The zero-order valence-electron chi connectivity index (χ0n) is 11.2. The van der Waals surface area contributed by atoms with E-state index in [-0.39, 0.29) is 10.6 Å². The zero-order valence-corrected chi connectivity index (χ0v) is 12.9. The molecule has 2 rings (SSSR count). The maximum absolute atomic E-state index is 12.6. The summed E-state index contributed by atoms with van der Waals surface area (Å²) in [4.78, 5) is 0.0956. The average molecular weight is 311 g/mol. The molecule has 0 amide bonds. The molecule has 0 saturated carbocycles. The first-order chi connectivity index (χ1) is 9.48. The van der Waals surface area contributed by atoms with Crippen molar-refractivity contribution in [2.45, 2.75) is 23.5 Å². The number of nitrogen functional groups attached to an aromatic ring is 1. The lowest BCUT2D eigenvalue weighted by Crippen LogP contribution is -2.41. The van der Waals surface area contributed by atoms with Crippen LogP contribution in [0.4, 0.5) is 5.69 Å². The Labute approximate surface area is 123 Å². The van der Waals surface area contributed by atoms with Crippen LogP contribution in [0.3, 0.4) is 0 Å². The van der Waals surface area contributed by atoms with Gasteiger partial charge in [-0.2, -0.15) is 21.3 Å². The van der Waals surface area contributed by atoms with E-state index in [1.165, 1.54) is 22.5 Å². The van der Waals surface area contributed by atoms with Gasteiger partial charge in [-0.05, 0) is 24.6 Å². The molecule has 0 spiro atoms. The van der Waals surface area contributed by atoms with Crippen LogP contribution in [0.2, 0.25) is 0 Å². The van der Waals surface area contributed by atoms with Crippen molar-refractivity contribution in [2.75, 3.05) is 24.6 Å². The monoisotopic (exact) mass is 311 g/mol. The summed E-state index contributed by atoms with van der Waals surface area (Å²) in [5.74, 6) is 0.800. The average Bonchev–Trinajstić information content (AvgIpc) is 2.46. The first kappa shape index (κ1) is 15.2. The quantitative estimate of drug-likeness (QED) is 0.858. The van der Waals surface area contributed by atoms with Crippen molar-refractivity contribution in [1.29, 1.82) is 5.26 Å². The molecule has 0 bridgehead atoms. The lowest BCUT2D eigenvalue weighted by Gasteiger charge is -2.31. The van der Waals surface area contributed by atoms with Crippen LogP contribution < -0.4 is 5.73 Å². The van der Waals surface area contributed by atoms with Gasteiger partial charge >= 0.3 is 0 Å². The zero-order chi connectivity index (χ0) is 14.8. The number of sulfonamides is 1. The Morgan fingerprint density at radius 1 is 1.55 bits per heavy atom. The standard InChI is InChI=1S/C13H17N3O2S2/c1-2-11-9-16(5-6-19-11)20(17,18)13-4-3-10(8-14)7-12(13)15/h3-4,7,11H,2,5-6,9,15H2,1H3. The molecule has 1 heterocycles. The summed E-state index contributed by atoms with van der Waals surface area (Å²) in [6.45, 7) is 3.08. The minimum Gasteiger partial charge on any atom is -0.398 e. The largest absolute Gasteiger partial charge is 0.398 e. The molecule has 1 aliphatic heterocycles. The number of hydrogen-bond acceptors (Lipinski definition) is 5. The Morgan fingerprint density at radius 2 is 2.30 bits per heavy atom. The highest BCUT2D eigenvalue weighted by Crippen LogP contribution is 2.28. The van der Waals surface area contributed by atoms with Crippen molar-refractivity contribution in [2.24, 2.45) is 0 Å². The smallest absolute Gasteiger partial charge is 0.245 e. The molecule has 20 heavy (non-hydrogen) atoms. The van der Waals surface area contributed by atoms with E-state index in [1.54, 1.807) is 0 Å². The van der Waals surface area contributed by atoms with Gasteiger partial charge in [0.1, 0.15) is 4.90 Å². The molecular weight excluding hydrogens is 294 g/mol. The van der Waals surface area contributed by atoms with Crippen molar-refractivity contribution in [1.82, 2.24) is 4.31 Å². The van der Waals surface area contributed by atoms with Gasteiger partial charge in [0.15, 0.2) is 0 Å². The van der Waals surface area contributed by atoms with E-state index in [1.807, 2.05) is 17.8 Å². The normalized spacial score (nSPS) is 20.5. The summed E-state index contributed by atoms with van der Waals surface area (Å²) >= 11 is 1.81. The number of nitrogens with zero attached hydrogens (tertiary/aromatic N) is 2. The first-order valence-electron chi connectivity index (χ1n) is 6.40. The van der Waals surface area contributed by atoms with Gasteiger partial charge in [0.2, 0.25) is 10.0 Å². The van der Waals surface area contributed by atoms with Crippen LogP contribution in [0.15, 0.2) is 23.1 Å². The van der Waals surface area contributed by atoms with Crippen molar-refractivity contribution >= 4 is 27.5 Å².